The summed E-state index contributed by atoms with van der Waals surface area (Å²) in [6.45, 7) is 5.02. The molecule has 0 radical (unpaired) electrons. The zero-order chi connectivity index (χ0) is 20.3. The van der Waals surface area contributed by atoms with Crippen molar-refractivity contribution in [3.63, 3.8) is 0 Å². The predicted octanol–water partition coefficient (Wildman–Crippen LogP) is 2.55. The summed E-state index contributed by atoms with van der Waals surface area (Å²) in [7, 11) is -2.32. The van der Waals surface area contributed by atoms with Crippen LogP contribution in [0.4, 0.5) is 0 Å². The lowest BCUT2D eigenvalue weighted by Crippen LogP contribution is -2.40. The molecule has 0 bridgehead atoms. The van der Waals surface area contributed by atoms with Gasteiger partial charge in [-0.3, -0.25) is 0 Å². The monoisotopic (exact) mass is 405 g/mol. The number of sulfonamides is 1. The minimum Gasteiger partial charge on any atom is -0.496 e. The Morgan fingerprint density at radius 3 is 2.36 bits per heavy atom. The zero-order valence-electron chi connectivity index (χ0n) is 16.1. The summed E-state index contributed by atoms with van der Waals surface area (Å²) in [6.07, 6.45) is 0. The van der Waals surface area contributed by atoms with Gasteiger partial charge in [0.25, 0.3) is 0 Å². The van der Waals surface area contributed by atoms with Crippen LogP contribution in [0.5, 0.6) is 11.5 Å². The third-order valence-electron chi connectivity index (χ3n) is 4.53. The van der Waals surface area contributed by atoms with Gasteiger partial charge in [0, 0.05) is 13.1 Å². The van der Waals surface area contributed by atoms with Crippen LogP contribution in [-0.4, -0.2) is 52.1 Å². The van der Waals surface area contributed by atoms with Gasteiger partial charge in [-0.1, -0.05) is 17.7 Å². The molecule has 1 saturated heterocycles. The highest BCUT2D eigenvalue weighted by Gasteiger charge is 2.28. The fourth-order valence-corrected chi connectivity index (χ4v) is 4.45. The van der Waals surface area contributed by atoms with E-state index in [1.807, 2.05) is 26.0 Å². The van der Waals surface area contributed by atoms with E-state index in [1.165, 1.54) is 29.6 Å². The molecule has 2 aromatic rings. The van der Waals surface area contributed by atoms with Gasteiger partial charge in [-0.15, -0.1) is 0 Å². The number of ether oxygens (including phenoxy) is 3. The number of morpholine rings is 1. The summed E-state index contributed by atoms with van der Waals surface area (Å²) in [5, 5.41) is 0. The normalized spacial score (nSPS) is 15.2. The van der Waals surface area contributed by atoms with Gasteiger partial charge in [-0.25, -0.2) is 13.2 Å². The van der Waals surface area contributed by atoms with E-state index in [2.05, 4.69) is 0 Å². The van der Waals surface area contributed by atoms with Gasteiger partial charge in [0.1, 0.15) is 17.1 Å². The molecule has 1 aliphatic heterocycles. The standard InChI is InChI=1S/C20H23NO6S/c1-14-4-6-18(15(2)12-14)27-20(22)17-13-16(5-7-19(17)25-3)28(23,24)21-8-10-26-11-9-21/h4-7,12-13H,8-11H2,1-3H3. The van der Waals surface area contributed by atoms with Gasteiger partial charge < -0.3 is 14.2 Å². The first-order valence-electron chi connectivity index (χ1n) is 8.88. The Kier molecular flexibility index (Phi) is 6.02. The molecular weight excluding hydrogens is 382 g/mol. The Hall–Kier alpha value is -2.42. The van der Waals surface area contributed by atoms with E-state index in [9.17, 15) is 13.2 Å². The molecule has 0 saturated carbocycles. The van der Waals surface area contributed by atoms with Gasteiger partial charge >= 0.3 is 5.97 Å². The van der Waals surface area contributed by atoms with Crippen LogP contribution >= 0.6 is 0 Å². The van der Waals surface area contributed by atoms with Crippen LogP contribution < -0.4 is 9.47 Å². The minimum absolute atomic E-state index is 0.0165. The van der Waals surface area contributed by atoms with Crippen LogP contribution in [0.25, 0.3) is 0 Å². The molecule has 1 heterocycles. The third kappa shape index (κ3) is 4.19. The quantitative estimate of drug-likeness (QED) is 0.562. The number of nitrogens with zero attached hydrogens (tertiary/aromatic N) is 1. The number of carbonyl (C=O) groups excluding carboxylic acids is 1. The molecule has 0 spiro atoms. The molecule has 150 valence electrons. The lowest BCUT2D eigenvalue weighted by molar-refractivity contribution is 0.0725. The van der Waals surface area contributed by atoms with E-state index >= 15 is 0 Å². The molecule has 1 fully saturated rings. The molecule has 3 rings (SSSR count). The van der Waals surface area contributed by atoms with Crippen LogP contribution in [0.3, 0.4) is 0 Å². The summed E-state index contributed by atoms with van der Waals surface area (Å²) < 4.78 is 43.1. The van der Waals surface area contributed by atoms with Gasteiger partial charge in [-0.05, 0) is 43.7 Å². The summed E-state index contributed by atoms with van der Waals surface area (Å²) >= 11 is 0. The number of hydrogen-bond acceptors (Lipinski definition) is 6. The fourth-order valence-electron chi connectivity index (χ4n) is 3.01. The van der Waals surface area contributed by atoms with E-state index in [-0.39, 0.29) is 29.3 Å². The highest BCUT2D eigenvalue weighted by molar-refractivity contribution is 7.89. The van der Waals surface area contributed by atoms with E-state index in [4.69, 9.17) is 14.2 Å². The molecule has 0 aromatic heterocycles. The van der Waals surface area contributed by atoms with Crippen LogP contribution in [0.2, 0.25) is 0 Å². The molecule has 0 amide bonds. The van der Waals surface area contributed by atoms with Crippen molar-refractivity contribution in [2.45, 2.75) is 18.7 Å². The Balaban J connectivity index is 1.93. The van der Waals surface area contributed by atoms with Crippen LogP contribution in [-0.2, 0) is 14.8 Å². The molecule has 0 N–H and O–H groups in total. The zero-order valence-corrected chi connectivity index (χ0v) is 16.9. The minimum atomic E-state index is -3.74. The largest absolute Gasteiger partial charge is 0.496 e. The highest BCUT2D eigenvalue weighted by atomic mass is 32.2. The average Bonchev–Trinajstić information content (AvgIpc) is 2.70. The SMILES string of the molecule is COc1ccc(S(=O)(=O)N2CCOCC2)cc1C(=O)Oc1ccc(C)cc1C. The van der Waals surface area contributed by atoms with Crippen molar-refractivity contribution < 1.29 is 27.4 Å². The van der Waals surface area contributed by atoms with E-state index < -0.39 is 16.0 Å². The first-order chi connectivity index (χ1) is 13.3. The molecule has 28 heavy (non-hydrogen) atoms. The lowest BCUT2D eigenvalue weighted by Gasteiger charge is -2.26. The highest BCUT2D eigenvalue weighted by Crippen LogP contribution is 2.27. The molecular formula is C20H23NO6S. The van der Waals surface area contributed by atoms with Crippen LogP contribution in [0.1, 0.15) is 21.5 Å². The molecule has 7 nitrogen and oxygen atoms in total. The van der Waals surface area contributed by atoms with E-state index in [0.717, 1.165) is 11.1 Å². The number of methoxy groups -OCH3 is 1. The first-order valence-corrected chi connectivity index (χ1v) is 10.3. The van der Waals surface area contributed by atoms with Crippen LogP contribution in [0, 0.1) is 13.8 Å². The van der Waals surface area contributed by atoms with E-state index in [0.29, 0.717) is 19.0 Å². The summed E-state index contributed by atoms with van der Waals surface area (Å²) in [5.41, 5.74) is 1.91. The smallest absolute Gasteiger partial charge is 0.347 e. The van der Waals surface area contributed by atoms with Crippen molar-refractivity contribution in [2.24, 2.45) is 0 Å². The van der Waals surface area contributed by atoms with Crippen molar-refractivity contribution in [1.29, 1.82) is 0 Å². The van der Waals surface area contributed by atoms with E-state index in [1.54, 1.807) is 6.07 Å². The molecule has 0 unspecified atom stereocenters. The van der Waals surface area contributed by atoms with Gasteiger partial charge in [0.2, 0.25) is 10.0 Å². The van der Waals surface area contributed by atoms with Gasteiger partial charge in [-0.2, -0.15) is 4.31 Å². The molecule has 2 aromatic carbocycles. The fraction of sp³-hybridized carbons (Fsp3) is 0.350. The second-order valence-electron chi connectivity index (χ2n) is 6.54. The maximum absolute atomic E-state index is 12.9. The van der Waals surface area contributed by atoms with Crippen molar-refractivity contribution in [3.05, 3.63) is 53.1 Å². The Bertz CT molecular complexity index is 980. The number of rotatable bonds is 5. The van der Waals surface area contributed by atoms with Crippen molar-refractivity contribution in [1.82, 2.24) is 4.31 Å². The summed E-state index contributed by atoms with van der Waals surface area (Å²) in [6, 6.07) is 9.65. The number of hydrogen-bond donors (Lipinski definition) is 0. The predicted molar refractivity (Wildman–Crippen MR) is 103 cm³/mol. The Morgan fingerprint density at radius 2 is 1.71 bits per heavy atom. The number of aryl methyl sites for hydroxylation is 2. The summed E-state index contributed by atoms with van der Waals surface area (Å²) in [4.78, 5) is 12.8. The number of benzene rings is 2. The summed E-state index contributed by atoms with van der Waals surface area (Å²) in [5.74, 6) is -0.0161. The third-order valence-corrected chi connectivity index (χ3v) is 6.43. The van der Waals surface area contributed by atoms with Crippen molar-refractivity contribution >= 4 is 16.0 Å². The van der Waals surface area contributed by atoms with Crippen LogP contribution in [0.15, 0.2) is 41.3 Å². The van der Waals surface area contributed by atoms with Gasteiger partial charge in [0.15, 0.2) is 0 Å². The number of carbonyl (C=O) groups is 1. The Labute approximate surface area is 164 Å². The molecule has 1 aliphatic rings. The maximum Gasteiger partial charge on any atom is 0.347 e. The maximum atomic E-state index is 12.9. The van der Waals surface area contributed by atoms with Gasteiger partial charge in [0.05, 0.1) is 25.2 Å². The first kappa shape index (κ1) is 20.3. The lowest BCUT2D eigenvalue weighted by atomic mass is 10.1. The number of esters is 1. The Morgan fingerprint density at radius 1 is 1.04 bits per heavy atom. The molecule has 0 aliphatic carbocycles. The second-order valence-corrected chi connectivity index (χ2v) is 8.47. The molecule has 8 heteroatoms. The second kappa shape index (κ2) is 8.30. The van der Waals surface area contributed by atoms with Crippen molar-refractivity contribution in [3.8, 4) is 11.5 Å². The molecule has 0 atom stereocenters. The topological polar surface area (TPSA) is 82.1 Å². The van der Waals surface area contributed by atoms with Crippen molar-refractivity contribution in [2.75, 3.05) is 33.4 Å². The average molecular weight is 405 g/mol.